The molecule has 126 valence electrons. The number of unbranched alkanes of at least 4 members (excludes halogenated alkanes) is 1. The van der Waals surface area contributed by atoms with Crippen LogP contribution in [-0.2, 0) is 19.7 Å². The van der Waals surface area contributed by atoms with Crippen LogP contribution in [0.3, 0.4) is 0 Å². The molecule has 0 saturated carbocycles. The molecule has 0 spiro atoms. The molecule has 0 aliphatic carbocycles. The Labute approximate surface area is 149 Å². The summed E-state index contributed by atoms with van der Waals surface area (Å²) < 4.78 is 29.4. The number of carboxylic acids is 2. The van der Waals surface area contributed by atoms with Crippen molar-refractivity contribution in [3.63, 3.8) is 0 Å². The van der Waals surface area contributed by atoms with Crippen LogP contribution in [0.25, 0.3) is 0 Å². The summed E-state index contributed by atoms with van der Waals surface area (Å²) in [6.45, 7) is 6.96. The zero-order valence-electron chi connectivity index (χ0n) is 13.7. The van der Waals surface area contributed by atoms with Crippen molar-refractivity contribution in [1.29, 1.82) is 0 Å². The second-order valence-electron chi connectivity index (χ2n) is 5.56. The Bertz CT molecular complexity index is 443. The summed E-state index contributed by atoms with van der Waals surface area (Å²) in [5.74, 6) is -3.50. The van der Waals surface area contributed by atoms with Gasteiger partial charge in [0.15, 0.2) is 5.25 Å². The van der Waals surface area contributed by atoms with Crippen molar-refractivity contribution in [2.45, 2.75) is 67.2 Å². The van der Waals surface area contributed by atoms with Crippen LogP contribution in [0.15, 0.2) is 0 Å². The van der Waals surface area contributed by atoms with Crippen LogP contribution in [0.4, 0.5) is 0 Å². The van der Waals surface area contributed by atoms with E-state index in [1.807, 2.05) is 0 Å². The molecule has 0 aromatic rings. The molecule has 22 heavy (non-hydrogen) atoms. The van der Waals surface area contributed by atoms with Crippen LogP contribution in [0, 0.1) is 0 Å². The fourth-order valence-corrected chi connectivity index (χ4v) is 2.65. The second-order valence-corrected chi connectivity index (χ2v) is 9.28. The van der Waals surface area contributed by atoms with E-state index in [4.69, 9.17) is 14.8 Å². The van der Waals surface area contributed by atoms with E-state index in [-0.39, 0.29) is 0 Å². The van der Waals surface area contributed by atoms with E-state index >= 15 is 0 Å². The van der Waals surface area contributed by atoms with Crippen molar-refractivity contribution in [3.05, 3.63) is 0 Å². The van der Waals surface area contributed by atoms with Crippen molar-refractivity contribution in [2.24, 2.45) is 0 Å². The first-order valence-corrected chi connectivity index (χ1v) is 9.84. The van der Waals surface area contributed by atoms with E-state index in [2.05, 4.69) is 20.8 Å². The number of carboxylic acid groups (broad SMARTS) is 2. The number of rotatable bonds is 9. The molecular weight excluding hydrogens is 323 g/mol. The fourth-order valence-electron chi connectivity index (χ4n) is 1.69. The van der Waals surface area contributed by atoms with E-state index in [1.165, 1.54) is 60.0 Å². The number of aliphatic carboxylic acids is 2. The molecule has 0 aromatic carbocycles. The molecule has 9 heteroatoms. The van der Waals surface area contributed by atoms with Gasteiger partial charge in [-0.15, -0.1) is 0 Å². The van der Waals surface area contributed by atoms with Crippen molar-refractivity contribution < 1.29 is 32.8 Å². The van der Waals surface area contributed by atoms with Crippen LogP contribution in [0.1, 0.15) is 59.3 Å². The minimum atomic E-state index is -4.84. The van der Waals surface area contributed by atoms with Gasteiger partial charge in [-0.05, 0) is 0 Å². The van der Waals surface area contributed by atoms with Crippen molar-refractivity contribution in [3.8, 4) is 0 Å². The van der Waals surface area contributed by atoms with Gasteiger partial charge in [-0.2, -0.15) is 8.42 Å². The summed E-state index contributed by atoms with van der Waals surface area (Å²) in [6.07, 6.45) is 5.91. The molecule has 3 N–H and O–H groups in total. The van der Waals surface area contributed by atoms with Gasteiger partial charge in [0, 0.05) is 0 Å². The number of carbonyl (C=O) groups is 2. The Morgan fingerprint density at radius 1 is 1.14 bits per heavy atom. The maximum Gasteiger partial charge on any atom is 0.325 e. The normalized spacial score (nSPS) is 13.0. The Morgan fingerprint density at radius 3 is 1.77 bits per heavy atom. The minimum absolute atomic E-state index is 0.774. The van der Waals surface area contributed by atoms with E-state index in [0.29, 0.717) is 0 Å². The second kappa shape index (κ2) is 11.4. The third kappa shape index (κ3) is 11.4. The third-order valence-electron chi connectivity index (χ3n) is 3.84. The Hall–Kier alpha value is -0.150. The van der Waals surface area contributed by atoms with E-state index in [0.717, 1.165) is 2.66 Å². The van der Waals surface area contributed by atoms with Gasteiger partial charge in [-0.1, -0.05) is 0 Å². The van der Waals surface area contributed by atoms with E-state index in [1.54, 1.807) is 0 Å². The van der Waals surface area contributed by atoms with Crippen molar-refractivity contribution >= 4 is 50.0 Å². The average Bonchev–Trinajstić information content (AvgIpc) is 2.41. The van der Waals surface area contributed by atoms with E-state index in [9.17, 15) is 18.0 Å². The quantitative estimate of drug-likeness (QED) is 0.430. The van der Waals surface area contributed by atoms with Gasteiger partial charge >= 0.3 is 95.4 Å². The summed E-state index contributed by atoms with van der Waals surface area (Å²) in [5.41, 5.74) is 0. The van der Waals surface area contributed by atoms with E-state index < -0.39 is 33.7 Å². The topological polar surface area (TPSA) is 129 Å². The fraction of sp³-hybridized carbons (Fsp3) is 0.846. The molecule has 0 fully saturated rings. The van der Waals surface area contributed by atoms with Gasteiger partial charge in [-0.3, -0.25) is 14.1 Å². The first-order chi connectivity index (χ1) is 9.93. The molecule has 0 aliphatic rings. The predicted octanol–water partition coefficient (Wildman–Crippen LogP) is 2.13. The van der Waals surface area contributed by atoms with Gasteiger partial charge in [-0.25, -0.2) is 0 Å². The predicted molar refractivity (Wildman–Crippen MR) is 83.8 cm³/mol. The van der Waals surface area contributed by atoms with Crippen molar-refractivity contribution in [2.75, 3.05) is 0 Å². The van der Waals surface area contributed by atoms with Gasteiger partial charge in [0.25, 0.3) is 10.1 Å². The Balaban J connectivity index is 0. The summed E-state index contributed by atoms with van der Waals surface area (Å²) in [6, 6.07) is 0. The molecule has 0 aliphatic heterocycles. The summed E-state index contributed by atoms with van der Waals surface area (Å²) >= 11 is 1.38. The largest absolute Gasteiger partial charge is 0.481 e. The third-order valence-corrected chi connectivity index (χ3v) is 6.84. The van der Waals surface area contributed by atoms with Gasteiger partial charge in [0.05, 0.1) is 6.42 Å². The molecular formula is C13H25NaO7S. The maximum absolute atomic E-state index is 10.2. The Kier molecular flexibility index (Phi) is 12.5. The minimum Gasteiger partial charge on any atom is -0.481 e. The molecule has 0 saturated heterocycles. The Morgan fingerprint density at radius 2 is 1.59 bits per heavy atom. The zero-order valence-corrected chi connectivity index (χ0v) is 16.5. The first-order valence-electron chi connectivity index (χ1n) is 7.34. The zero-order chi connectivity index (χ0) is 18.0. The van der Waals surface area contributed by atoms with Gasteiger partial charge in [0.2, 0.25) is 0 Å². The summed E-state index contributed by atoms with van der Waals surface area (Å²) in [5, 5.41) is 13.9. The van der Waals surface area contributed by atoms with Crippen LogP contribution >= 0.6 is 0 Å². The van der Waals surface area contributed by atoms with Crippen LogP contribution < -0.4 is 0 Å². The van der Waals surface area contributed by atoms with Gasteiger partial charge in [0.1, 0.15) is 0 Å². The van der Waals surface area contributed by atoms with Crippen molar-refractivity contribution in [1.82, 2.24) is 0 Å². The monoisotopic (exact) mass is 348 g/mol. The van der Waals surface area contributed by atoms with Crippen LogP contribution in [0.5, 0.6) is 0 Å². The smallest absolute Gasteiger partial charge is 0.325 e. The maximum atomic E-state index is 10.2. The first kappa shape index (κ1) is 24.1. The van der Waals surface area contributed by atoms with Crippen LogP contribution in [-0.4, -0.2) is 68.3 Å². The number of hydrogen-bond acceptors (Lipinski definition) is 4. The van der Waals surface area contributed by atoms with Crippen LogP contribution in [0.2, 0.25) is 2.66 Å². The molecule has 0 aromatic heterocycles. The summed E-state index contributed by atoms with van der Waals surface area (Å²) in [4.78, 5) is 20.0. The molecule has 1 unspecified atom stereocenters. The van der Waals surface area contributed by atoms with Gasteiger partial charge < -0.3 is 10.2 Å². The summed E-state index contributed by atoms with van der Waals surface area (Å²) in [7, 11) is -4.84. The number of hydrogen-bond donors (Lipinski definition) is 3. The molecule has 0 bridgehead atoms. The average molecular weight is 348 g/mol. The standard InChI is InChI=1S/C9H19.C4H6O7S.Na/c1-4-7-8-9(5-2)6-3;5-3(6)1-2(4(7)8)12(9,10)11;/h4-8H2,1-3H3;2H,1H2,(H,5,6)(H,7,8)(H,9,10,11);. The molecule has 0 amide bonds. The SMILES string of the molecule is CCCC[C]([Na])(CC)CC.O=C(O)CC(C(=O)O)S(=O)(=O)O. The molecule has 0 rings (SSSR count). The molecule has 0 radical (unpaired) electrons. The molecule has 7 nitrogen and oxygen atoms in total. The molecule has 1 atom stereocenters. The molecule has 0 heterocycles.